The number of carbonyl (C=O) groups excluding carboxylic acids is 1. The summed E-state index contributed by atoms with van der Waals surface area (Å²) >= 11 is 0. The molecule has 0 aliphatic carbocycles. The molecule has 0 aliphatic rings. The van der Waals surface area contributed by atoms with Crippen LogP contribution in [-0.2, 0) is 11.3 Å². The van der Waals surface area contributed by atoms with Crippen molar-refractivity contribution in [1.82, 2.24) is 14.9 Å². The Bertz CT molecular complexity index is 1060. The molecule has 0 spiro atoms. The first-order chi connectivity index (χ1) is 13.4. The highest BCUT2D eigenvalue weighted by atomic mass is 19.1. The number of hydrogen-bond donors (Lipinski definition) is 1. The van der Waals surface area contributed by atoms with Gasteiger partial charge in [0.25, 0.3) is 5.56 Å². The Morgan fingerprint density at radius 2 is 1.82 bits per heavy atom. The van der Waals surface area contributed by atoms with Crippen LogP contribution in [0.15, 0.2) is 47.5 Å². The van der Waals surface area contributed by atoms with Gasteiger partial charge in [-0.3, -0.25) is 14.2 Å². The normalized spacial score (nSPS) is 11.9. The summed E-state index contributed by atoms with van der Waals surface area (Å²) in [6, 6.07) is 8.68. The van der Waals surface area contributed by atoms with Crippen LogP contribution < -0.4 is 20.3 Å². The van der Waals surface area contributed by atoms with E-state index in [0.717, 1.165) is 5.56 Å². The Labute approximate surface area is 160 Å². The second-order valence-corrected chi connectivity index (χ2v) is 6.24. The average molecular weight is 385 g/mol. The SMILES string of the molecule is COc1cc2ncn(CC(=O)N[C@@H](C)c3ccc(F)cc3)c(=O)c2cc1OC. The van der Waals surface area contributed by atoms with Crippen LogP contribution in [0, 0.1) is 5.82 Å². The highest BCUT2D eigenvalue weighted by Crippen LogP contribution is 2.29. The summed E-state index contributed by atoms with van der Waals surface area (Å²) < 4.78 is 24.7. The largest absolute Gasteiger partial charge is 0.493 e. The maximum absolute atomic E-state index is 13.0. The lowest BCUT2D eigenvalue weighted by molar-refractivity contribution is -0.122. The topological polar surface area (TPSA) is 82.5 Å². The van der Waals surface area contributed by atoms with E-state index >= 15 is 0 Å². The van der Waals surface area contributed by atoms with E-state index in [1.165, 1.54) is 37.2 Å². The highest BCUT2D eigenvalue weighted by Gasteiger charge is 2.14. The third kappa shape index (κ3) is 3.95. The molecule has 7 nitrogen and oxygen atoms in total. The Kier molecular flexibility index (Phi) is 5.58. The van der Waals surface area contributed by atoms with Gasteiger partial charge in [-0.2, -0.15) is 0 Å². The first kappa shape index (κ1) is 19.3. The lowest BCUT2D eigenvalue weighted by Crippen LogP contribution is -2.34. The monoisotopic (exact) mass is 385 g/mol. The molecule has 28 heavy (non-hydrogen) atoms. The maximum atomic E-state index is 13.0. The molecule has 0 unspecified atom stereocenters. The van der Waals surface area contributed by atoms with Gasteiger partial charge in [-0.1, -0.05) is 12.1 Å². The highest BCUT2D eigenvalue weighted by molar-refractivity contribution is 5.82. The van der Waals surface area contributed by atoms with E-state index in [2.05, 4.69) is 10.3 Å². The first-order valence-corrected chi connectivity index (χ1v) is 8.59. The molecule has 0 fully saturated rings. The maximum Gasteiger partial charge on any atom is 0.261 e. The zero-order valence-corrected chi connectivity index (χ0v) is 15.7. The summed E-state index contributed by atoms with van der Waals surface area (Å²) in [4.78, 5) is 29.3. The van der Waals surface area contributed by atoms with Crippen LogP contribution in [0.5, 0.6) is 11.5 Å². The molecular formula is C20H20FN3O4. The van der Waals surface area contributed by atoms with Crippen molar-refractivity contribution in [3.05, 3.63) is 64.5 Å². The van der Waals surface area contributed by atoms with Gasteiger partial charge < -0.3 is 14.8 Å². The molecule has 0 aliphatic heterocycles. The van der Waals surface area contributed by atoms with Gasteiger partial charge in [0.15, 0.2) is 11.5 Å². The van der Waals surface area contributed by atoms with Gasteiger partial charge in [0.1, 0.15) is 12.4 Å². The number of ether oxygens (including phenoxy) is 2. The van der Waals surface area contributed by atoms with E-state index in [4.69, 9.17) is 9.47 Å². The Hall–Kier alpha value is -3.42. The van der Waals surface area contributed by atoms with Gasteiger partial charge in [-0.25, -0.2) is 9.37 Å². The molecular weight excluding hydrogens is 365 g/mol. The number of benzene rings is 2. The van der Waals surface area contributed by atoms with Crippen molar-refractivity contribution in [2.24, 2.45) is 0 Å². The molecule has 1 aromatic heterocycles. The molecule has 146 valence electrons. The number of nitrogens with zero attached hydrogens (tertiary/aromatic N) is 2. The molecule has 3 rings (SSSR count). The summed E-state index contributed by atoms with van der Waals surface area (Å²) in [6.07, 6.45) is 1.32. The van der Waals surface area contributed by atoms with Gasteiger partial charge in [0.05, 0.1) is 37.5 Å². The molecule has 3 aromatic rings. The molecule has 2 aromatic carbocycles. The zero-order valence-electron chi connectivity index (χ0n) is 15.7. The predicted molar refractivity (Wildman–Crippen MR) is 102 cm³/mol. The third-order valence-corrected chi connectivity index (χ3v) is 4.39. The Morgan fingerprint density at radius 1 is 1.18 bits per heavy atom. The molecule has 0 saturated carbocycles. The fourth-order valence-electron chi connectivity index (χ4n) is 2.87. The second kappa shape index (κ2) is 8.08. The van der Waals surface area contributed by atoms with E-state index in [9.17, 15) is 14.0 Å². The van der Waals surface area contributed by atoms with Gasteiger partial charge >= 0.3 is 0 Å². The molecule has 1 heterocycles. The summed E-state index contributed by atoms with van der Waals surface area (Å²) in [5.74, 6) is 0.162. The van der Waals surface area contributed by atoms with Gasteiger partial charge in [0, 0.05) is 6.07 Å². The zero-order chi connectivity index (χ0) is 20.3. The quantitative estimate of drug-likeness (QED) is 0.705. The minimum atomic E-state index is -0.365. The van der Waals surface area contributed by atoms with Gasteiger partial charge in [-0.15, -0.1) is 0 Å². The first-order valence-electron chi connectivity index (χ1n) is 8.59. The van der Waals surface area contributed by atoms with Gasteiger partial charge in [-0.05, 0) is 30.7 Å². The number of hydrogen-bond acceptors (Lipinski definition) is 5. The predicted octanol–water partition coefficient (Wildman–Crippen LogP) is 2.43. The van der Waals surface area contributed by atoms with Crippen molar-refractivity contribution in [3.63, 3.8) is 0 Å². The van der Waals surface area contributed by atoms with Crippen LogP contribution in [-0.4, -0.2) is 29.7 Å². The van der Waals surface area contributed by atoms with Crippen molar-refractivity contribution in [2.75, 3.05) is 14.2 Å². The van der Waals surface area contributed by atoms with Crippen LogP contribution in [0.4, 0.5) is 4.39 Å². The van der Waals surface area contributed by atoms with Crippen LogP contribution in [0.1, 0.15) is 18.5 Å². The van der Waals surface area contributed by atoms with Crippen LogP contribution in [0.2, 0.25) is 0 Å². The number of carbonyl (C=O) groups is 1. The van der Waals surface area contributed by atoms with E-state index < -0.39 is 0 Å². The standard InChI is InChI=1S/C20H20FN3O4/c1-12(13-4-6-14(21)7-5-13)23-19(25)10-24-11-22-16-9-18(28-3)17(27-2)8-15(16)20(24)26/h4-9,11-12H,10H2,1-3H3,(H,23,25)/t12-/m0/s1. The van der Waals surface area contributed by atoms with Crippen LogP contribution in [0.3, 0.4) is 0 Å². The van der Waals surface area contributed by atoms with E-state index in [1.54, 1.807) is 31.2 Å². The van der Waals surface area contributed by atoms with Crippen molar-refractivity contribution < 1.29 is 18.7 Å². The lowest BCUT2D eigenvalue weighted by atomic mass is 10.1. The van der Waals surface area contributed by atoms with Crippen molar-refractivity contribution in [2.45, 2.75) is 19.5 Å². The van der Waals surface area contributed by atoms with Crippen LogP contribution >= 0.6 is 0 Å². The van der Waals surface area contributed by atoms with Gasteiger partial charge in [0.2, 0.25) is 5.91 Å². The number of methoxy groups -OCH3 is 2. The molecule has 1 atom stereocenters. The molecule has 0 radical (unpaired) electrons. The summed E-state index contributed by atoms with van der Waals surface area (Å²) in [5.41, 5.74) is 0.838. The van der Waals surface area contributed by atoms with Crippen molar-refractivity contribution in [3.8, 4) is 11.5 Å². The minimum absolute atomic E-state index is 0.193. The summed E-state index contributed by atoms with van der Waals surface area (Å²) in [5, 5.41) is 3.11. The number of nitrogens with one attached hydrogen (secondary N) is 1. The van der Waals surface area contributed by atoms with Crippen molar-refractivity contribution in [1.29, 1.82) is 0 Å². The van der Waals surface area contributed by atoms with E-state index in [0.29, 0.717) is 22.4 Å². The number of fused-ring (bicyclic) bond motifs is 1. The number of amides is 1. The Morgan fingerprint density at radius 3 is 2.46 bits per heavy atom. The second-order valence-electron chi connectivity index (χ2n) is 6.24. The molecule has 0 saturated heterocycles. The summed E-state index contributed by atoms with van der Waals surface area (Å²) in [7, 11) is 2.97. The average Bonchev–Trinajstić information content (AvgIpc) is 2.69. The third-order valence-electron chi connectivity index (χ3n) is 4.39. The number of aromatic nitrogens is 2. The summed E-state index contributed by atoms with van der Waals surface area (Å²) in [6.45, 7) is 1.59. The van der Waals surface area contributed by atoms with Crippen molar-refractivity contribution >= 4 is 16.8 Å². The fourth-order valence-corrected chi connectivity index (χ4v) is 2.87. The molecule has 1 amide bonds. The van der Waals surface area contributed by atoms with Crippen LogP contribution in [0.25, 0.3) is 10.9 Å². The molecule has 0 bridgehead atoms. The number of rotatable bonds is 6. The van der Waals surface area contributed by atoms with E-state index in [1.807, 2.05) is 0 Å². The smallest absolute Gasteiger partial charge is 0.261 e. The number of halogens is 1. The molecule has 1 N–H and O–H groups in total. The lowest BCUT2D eigenvalue weighted by Gasteiger charge is -2.15. The fraction of sp³-hybridized carbons (Fsp3) is 0.250. The van der Waals surface area contributed by atoms with E-state index in [-0.39, 0.29) is 29.9 Å². The minimum Gasteiger partial charge on any atom is -0.493 e. The Balaban J connectivity index is 1.81. The molecule has 8 heteroatoms.